The molecule has 7 rings (SSSR count). The number of fused-ring (bicyclic) bond motifs is 3. The number of hydrogen-bond acceptors (Lipinski definition) is 9. The molecular weight excluding hydrogens is 825 g/mol. The Bertz CT molecular complexity index is 1910. The fourth-order valence-electron chi connectivity index (χ4n) is 9.90. The molecule has 0 N–H and O–H groups in total. The van der Waals surface area contributed by atoms with E-state index in [0.717, 1.165) is 24.8 Å². The highest BCUT2D eigenvalue weighted by Crippen LogP contribution is 2.45. The molecule has 0 saturated carbocycles. The number of rotatable bonds is 14. The number of benzene rings is 3. The minimum Gasteiger partial charge on any atom is -0.459 e. The number of carbonyl (C=O) groups excluding carboxylic acids is 1. The summed E-state index contributed by atoms with van der Waals surface area (Å²) in [6, 6.07) is 32.1. The van der Waals surface area contributed by atoms with Gasteiger partial charge < -0.3 is 37.3 Å². The van der Waals surface area contributed by atoms with Crippen LogP contribution in [0.4, 0.5) is 0 Å². The molecule has 0 radical (unpaired) electrons. The van der Waals surface area contributed by atoms with Gasteiger partial charge in [-0.1, -0.05) is 145 Å². The van der Waals surface area contributed by atoms with E-state index in [4.69, 9.17) is 37.3 Å². The second-order valence-electron chi connectivity index (χ2n) is 21.0. The second-order valence-corrected chi connectivity index (χ2v) is 30.2. The SMILES string of the molecule is CC(=O)O[C@H]1C/C=C\[C@H]2O[C@H]3C[C@H]4O[C@H](CCCO[Si](c5ccccc5)(c5ccccc5)C(C)(C)C)C[C@H](OCc5ccccc5)[C@@H]4O[C@@H]3C[C@]2(C)O[C@@H]1CO[Si](C)(C)C(C)(C)C. The molecule has 0 aliphatic carbocycles. The lowest BCUT2D eigenvalue weighted by Gasteiger charge is -2.55. The van der Waals surface area contributed by atoms with Crippen LogP contribution in [-0.4, -0.2) is 96.4 Å². The lowest BCUT2D eigenvalue weighted by Crippen LogP contribution is -2.66. The van der Waals surface area contributed by atoms with Gasteiger partial charge in [-0.25, -0.2) is 0 Å². The van der Waals surface area contributed by atoms with E-state index in [-0.39, 0.29) is 58.8 Å². The Labute approximate surface area is 379 Å². The van der Waals surface area contributed by atoms with Gasteiger partial charge in [-0.15, -0.1) is 0 Å². The first-order valence-electron chi connectivity index (χ1n) is 23.4. The zero-order chi connectivity index (χ0) is 45.0. The van der Waals surface area contributed by atoms with Gasteiger partial charge in [0, 0.05) is 39.2 Å². The van der Waals surface area contributed by atoms with Gasteiger partial charge in [0.15, 0.2) is 8.32 Å². The first-order valence-corrected chi connectivity index (χ1v) is 28.2. The van der Waals surface area contributed by atoms with Crippen molar-refractivity contribution >= 4 is 33.0 Å². The Kier molecular flexibility index (Phi) is 15.1. The van der Waals surface area contributed by atoms with E-state index in [1.165, 1.54) is 17.3 Å². The van der Waals surface area contributed by atoms with Crippen molar-refractivity contribution in [3.63, 3.8) is 0 Å². The third-order valence-electron chi connectivity index (χ3n) is 14.3. The van der Waals surface area contributed by atoms with Crippen molar-refractivity contribution < 1.29 is 42.1 Å². The van der Waals surface area contributed by atoms with Gasteiger partial charge in [-0.2, -0.15) is 0 Å². The molecule has 4 aliphatic heterocycles. The van der Waals surface area contributed by atoms with E-state index >= 15 is 0 Å². The first kappa shape index (κ1) is 48.0. The van der Waals surface area contributed by atoms with Crippen LogP contribution in [0.15, 0.2) is 103 Å². The van der Waals surface area contributed by atoms with E-state index < -0.39 is 34.4 Å². The molecule has 0 bridgehead atoms. The van der Waals surface area contributed by atoms with Crippen LogP contribution in [0.25, 0.3) is 0 Å². The molecule has 4 aliphatic rings. The second kappa shape index (κ2) is 19.9. The molecule has 0 spiro atoms. The van der Waals surface area contributed by atoms with Gasteiger partial charge in [0.05, 0.1) is 49.3 Å². The molecule has 63 heavy (non-hydrogen) atoms. The average Bonchev–Trinajstić information content (AvgIpc) is 3.23. The van der Waals surface area contributed by atoms with Crippen LogP contribution in [0.5, 0.6) is 0 Å². The maximum absolute atomic E-state index is 12.3. The Morgan fingerprint density at radius 3 is 2.00 bits per heavy atom. The molecule has 11 heteroatoms. The van der Waals surface area contributed by atoms with E-state index in [1.54, 1.807) is 0 Å². The van der Waals surface area contributed by atoms with Crippen LogP contribution in [0.3, 0.4) is 0 Å². The summed E-state index contributed by atoms with van der Waals surface area (Å²) in [4.78, 5) is 12.3. The monoisotopic (exact) mass is 898 g/mol. The molecule has 3 aromatic rings. The third kappa shape index (κ3) is 11.0. The predicted octanol–water partition coefficient (Wildman–Crippen LogP) is 9.46. The van der Waals surface area contributed by atoms with Crippen molar-refractivity contribution in [1.29, 1.82) is 0 Å². The molecule has 4 heterocycles. The molecule has 3 fully saturated rings. The minimum atomic E-state index is -2.66. The summed E-state index contributed by atoms with van der Waals surface area (Å²) in [6.45, 7) is 23.1. The minimum absolute atomic E-state index is 0.0178. The van der Waals surface area contributed by atoms with Gasteiger partial charge in [-0.05, 0) is 58.9 Å². The highest BCUT2D eigenvalue weighted by molar-refractivity contribution is 6.99. The van der Waals surface area contributed by atoms with E-state index in [0.29, 0.717) is 39.1 Å². The zero-order valence-corrected chi connectivity index (χ0v) is 41.5. The van der Waals surface area contributed by atoms with Crippen LogP contribution in [0.2, 0.25) is 23.2 Å². The van der Waals surface area contributed by atoms with E-state index in [2.05, 4.69) is 159 Å². The van der Waals surface area contributed by atoms with Gasteiger partial charge in [0.2, 0.25) is 0 Å². The predicted molar refractivity (Wildman–Crippen MR) is 253 cm³/mol. The molecular formula is C52H74O9Si2. The van der Waals surface area contributed by atoms with Crippen LogP contribution in [0.1, 0.15) is 99.5 Å². The Hall–Kier alpha value is -2.98. The van der Waals surface area contributed by atoms with Crippen molar-refractivity contribution in [2.45, 2.75) is 184 Å². The summed E-state index contributed by atoms with van der Waals surface area (Å²) in [7, 11) is -4.79. The Balaban J connectivity index is 1.07. The highest BCUT2D eigenvalue weighted by atomic mass is 28.4. The number of esters is 1. The number of carbonyl (C=O) groups is 1. The Morgan fingerprint density at radius 1 is 0.762 bits per heavy atom. The van der Waals surface area contributed by atoms with Gasteiger partial charge in [-0.3, -0.25) is 4.79 Å². The van der Waals surface area contributed by atoms with Crippen LogP contribution >= 0.6 is 0 Å². The smallest absolute Gasteiger partial charge is 0.303 e. The third-order valence-corrected chi connectivity index (χ3v) is 23.8. The van der Waals surface area contributed by atoms with Gasteiger partial charge >= 0.3 is 5.97 Å². The van der Waals surface area contributed by atoms with Crippen molar-refractivity contribution in [3.8, 4) is 0 Å². The molecule has 3 saturated heterocycles. The maximum Gasteiger partial charge on any atom is 0.303 e. The van der Waals surface area contributed by atoms with Crippen molar-refractivity contribution in [2.75, 3.05) is 13.2 Å². The van der Waals surface area contributed by atoms with Crippen LogP contribution in [-0.2, 0) is 48.7 Å². The molecule has 0 unspecified atom stereocenters. The standard InChI is InChI=1S/C52H74O9Si2/c1-37(53)57-42-29-20-30-48-52(8,61-47(42)36-56-62(9,10)50(2,3)4)34-46-43(59-48)33-45-49(60-46)44(54-35-38-22-14-11-15-23-38)32-39(58-45)24-21-31-55-63(51(5,6)7,40-25-16-12-17-26-40)41-27-18-13-19-28-41/h11-20,22-23,25-28,30,39,42-49H,21,24,29,31-36H2,1-10H3/b30-20-/t39-,42+,43+,44+,45-,46-,47-,48-,49+,52+/m1/s1. The lowest BCUT2D eigenvalue weighted by atomic mass is 9.80. The zero-order valence-electron chi connectivity index (χ0n) is 39.5. The lowest BCUT2D eigenvalue weighted by molar-refractivity contribution is -0.312. The molecule has 3 aromatic carbocycles. The molecule has 10 atom stereocenters. The summed E-state index contributed by atoms with van der Waals surface area (Å²) in [5.74, 6) is -0.331. The summed E-state index contributed by atoms with van der Waals surface area (Å²) in [5.41, 5.74) is 0.373. The van der Waals surface area contributed by atoms with Crippen molar-refractivity contribution in [1.82, 2.24) is 0 Å². The Morgan fingerprint density at radius 2 is 1.40 bits per heavy atom. The molecule has 344 valence electrons. The summed E-state index contributed by atoms with van der Waals surface area (Å²) >= 11 is 0. The van der Waals surface area contributed by atoms with Gasteiger partial charge in [0.25, 0.3) is 8.32 Å². The topological polar surface area (TPSA) is 90.9 Å². The van der Waals surface area contributed by atoms with E-state index in [1.807, 2.05) is 6.07 Å². The number of hydrogen-bond donors (Lipinski definition) is 0. The average molecular weight is 899 g/mol. The molecule has 0 amide bonds. The fourth-order valence-corrected chi connectivity index (χ4v) is 15.5. The summed E-state index contributed by atoms with van der Waals surface area (Å²) in [5, 5.41) is 2.50. The number of ether oxygens (including phenoxy) is 6. The largest absolute Gasteiger partial charge is 0.459 e. The maximum atomic E-state index is 12.3. The molecule has 9 nitrogen and oxygen atoms in total. The molecule has 0 aromatic heterocycles. The van der Waals surface area contributed by atoms with Crippen molar-refractivity contribution in [3.05, 3.63) is 109 Å². The fraction of sp³-hybridized carbons (Fsp3) is 0.596. The highest BCUT2D eigenvalue weighted by Gasteiger charge is 2.56. The van der Waals surface area contributed by atoms with Crippen molar-refractivity contribution in [2.24, 2.45) is 0 Å². The van der Waals surface area contributed by atoms with Crippen LogP contribution in [0, 0.1) is 0 Å². The summed E-state index contributed by atoms with van der Waals surface area (Å²) < 4.78 is 54.9. The van der Waals surface area contributed by atoms with Gasteiger partial charge in [0.1, 0.15) is 24.4 Å². The van der Waals surface area contributed by atoms with Crippen LogP contribution < -0.4 is 10.4 Å². The summed E-state index contributed by atoms with van der Waals surface area (Å²) in [6.07, 6.45) is 6.07. The first-order chi connectivity index (χ1) is 29.9. The normalized spacial score (nSPS) is 30.8. The quantitative estimate of drug-likeness (QED) is 0.0680. The van der Waals surface area contributed by atoms with E-state index in [9.17, 15) is 4.79 Å².